The van der Waals surface area contributed by atoms with Crippen LogP contribution in [0.25, 0.3) is 0 Å². The summed E-state index contributed by atoms with van der Waals surface area (Å²) in [5.41, 5.74) is 6.03. The lowest BCUT2D eigenvalue weighted by molar-refractivity contribution is 0.271. The topological polar surface area (TPSA) is 55.0 Å². The molecule has 1 aromatic heterocycles. The van der Waals surface area contributed by atoms with E-state index in [0.29, 0.717) is 6.04 Å². The van der Waals surface area contributed by atoms with E-state index in [1.807, 2.05) is 12.3 Å². The highest BCUT2D eigenvalue weighted by Crippen LogP contribution is 2.36. The van der Waals surface area contributed by atoms with Crippen LogP contribution < -0.4 is 10.6 Å². The van der Waals surface area contributed by atoms with Gasteiger partial charge in [-0.3, -0.25) is 0 Å². The summed E-state index contributed by atoms with van der Waals surface area (Å²) in [5, 5.41) is 0. The molecule has 86 valence electrons. The van der Waals surface area contributed by atoms with Crippen LogP contribution in [0.2, 0.25) is 0 Å². The Morgan fingerprint density at radius 2 is 2.12 bits per heavy atom. The van der Waals surface area contributed by atoms with Crippen molar-refractivity contribution >= 4 is 5.82 Å². The molecular formula is C12H18N4. The van der Waals surface area contributed by atoms with Crippen LogP contribution in [0.3, 0.4) is 0 Å². The highest BCUT2D eigenvalue weighted by molar-refractivity contribution is 5.38. The molecule has 3 rings (SSSR count). The Bertz CT molecular complexity index is 353. The molecule has 2 heterocycles. The maximum Gasteiger partial charge on any atom is 0.131 e. The molecule has 0 spiro atoms. The molecule has 0 radical (unpaired) electrons. The summed E-state index contributed by atoms with van der Waals surface area (Å²) in [4.78, 5) is 10.7. The quantitative estimate of drug-likeness (QED) is 0.765. The first kappa shape index (κ1) is 10.0. The fourth-order valence-electron chi connectivity index (χ4n) is 3.13. The maximum absolute atomic E-state index is 6.03. The first-order chi connectivity index (χ1) is 7.83. The minimum absolute atomic E-state index is 0.423. The van der Waals surface area contributed by atoms with Crippen molar-refractivity contribution in [2.45, 2.75) is 25.3 Å². The third-order valence-electron chi connectivity index (χ3n) is 3.98. The molecule has 0 amide bonds. The number of anilines is 1. The average Bonchev–Trinajstić information content (AvgIpc) is 2.73. The second kappa shape index (κ2) is 4.01. The van der Waals surface area contributed by atoms with Crippen molar-refractivity contribution < 1.29 is 0 Å². The fourth-order valence-corrected chi connectivity index (χ4v) is 3.13. The molecule has 4 nitrogen and oxygen atoms in total. The lowest BCUT2D eigenvalue weighted by atomic mass is 9.79. The number of hydrogen-bond acceptors (Lipinski definition) is 4. The van der Waals surface area contributed by atoms with E-state index in [9.17, 15) is 0 Å². The second-order valence-corrected chi connectivity index (χ2v) is 5.07. The highest BCUT2D eigenvalue weighted by atomic mass is 15.2. The van der Waals surface area contributed by atoms with Gasteiger partial charge in [0.1, 0.15) is 12.1 Å². The van der Waals surface area contributed by atoms with Gasteiger partial charge in [0.15, 0.2) is 0 Å². The number of rotatable bonds is 1. The number of nitrogens with zero attached hydrogens (tertiary/aromatic N) is 3. The normalized spacial score (nSPS) is 33.8. The van der Waals surface area contributed by atoms with Gasteiger partial charge in [0.25, 0.3) is 0 Å². The molecule has 1 saturated heterocycles. The van der Waals surface area contributed by atoms with Crippen molar-refractivity contribution in [3.63, 3.8) is 0 Å². The molecule has 2 aliphatic rings. The fraction of sp³-hybridized carbons (Fsp3) is 0.667. The Morgan fingerprint density at radius 3 is 2.94 bits per heavy atom. The first-order valence-electron chi connectivity index (χ1n) is 6.09. The van der Waals surface area contributed by atoms with E-state index < -0.39 is 0 Å². The van der Waals surface area contributed by atoms with Gasteiger partial charge in [0.05, 0.1) is 0 Å². The van der Waals surface area contributed by atoms with Gasteiger partial charge >= 0.3 is 0 Å². The molecule has 2 N–H and O–H groups in total. The van der Waals surface area contributed by atoms with Crippen LogP contribution in [0.15, 0.2) is 18.6 Å². The van der Waals surface area contributed by atoms with E-state index in [2.05, 4.69) is 14.9 Å². The van der Waals surface area contributed by atoms with E-state index in [1.165, 1.54) is 19.3 Å². The number of aromatic nitrogens is 2. The van der Waals surface area contributed by atoms with Crippen LogP contribution in [0, 0.1) is 11.8 Å². The first-order valence-corrected chi connectivity index (χ1v) is 6.09. The second-order valence-electron chi connectivity index (χ2n) is 5.07. The van der Waals surface area contributed by atoms with Crippen molar-refractivity contribution in [2.75, 3.05) is 18.0 Å². The predicted octanol–water partition coefficient (Wildman–Crippen LogP) is 1.04. The van der Waals surface area contributed by atoms with E-state index in [4.69, 9.17) is 5.73 Å². The Labute approximate surface area is 95.9 Å². The van der Waals surface area contributed by atoms with Crippen molar-refractivity contribution in [2.24, 2.45) is 17.6 Å². The molecule has 1 aliphatic carbocycles. The van der Waals surface area contributed by atoms with Crippen LogP contribution in [-0.2, 0) is 0 Å². The summed E-state index contributed by atoms with van der Waals surface area (Å²) >= 11 is 0. The van der Waals surface area contributed by atoms with Gasteiger partial charge in [-0.05, 0) is 37.2 Å². The summed E-state index contributed by atoms with van der Waals surface area (Å²) in [5.74, 6) is 2.67. The van der Waals surface area contributed by atoms with Crippen LogP contribution >= 0.6 is 0 Å². The minimum atomic E-state index is 0.423. The lowest BCUT2D eigenvalue weighted by Crippen LogP contribution is -2.32. The zero-order chi connectivity index (χ0) is 11.0. The lowest BCUT2D eigenvalue weighted by Gasteiger charge is -2.27. The largest absolute Gasteiger partial charge is 0.356 e. The Kier molecular flexibility index (Phi) is 2.52. The molecule has 3 atom stereocenters. The standard InChI is InChI=1S/C12H18N4/c13-11-2-1-9-6-16(7-10(9)5-11)12-3-4-14-8-15-12/h3-4,8-11H,1-2,5-7,13H2/t9-,10+,11?/m1/s1. The van der Waals surface area contributed by atoms with Gasteiger partial charge in [-0.15, -0.1) is 0 Å². The van der Waals surface area contributed by atoms with Crippen LogP contribution in [0.5, 0.6) is 0 Å². The minimum Gasteiger partial charge on any atom is -0.356 e. The summed E-state index contributed by atoms with van der Waals surface area (Å²) < 4.78 is 0. The zero-order valence-corrected chi connectivity index (χ0v) is 9.42. The molecule has 1 aromatic rings. The van der Waals surface area contributed by atoms with E-state index in [0.717, 1.165) is 30.7 Å². The van der Waals surface area contributed by atoms with Crippen LogP contribution in [-0.4, -0.2) is 29.1 Å². The van der Waals surface area contributed by atoms with Crippen LogP contribution in [0.1, 0.15) is 19.3 Å². The molecule has 0 aromatic carbocycles. The van der Waals surface area contributed by atoms with Crippen molar-refractivity contribution in [3.05, 3.63) is 18.6 Å². The van der Waals surface area contributed by atoms with Gasteiger partial charge in [-0.2, -0.15) is 0 Å². The van der Waals surface area contributed by atoms with Crippen molar-refractivity contribution in [1.82, 2.24) is 9.97 Å². The highest BCUT2D eigenvalue weighted by Gasteiger charge is 2.37. The van der Waals surface area contributed by atoms with E-state index in [-0.39, 0.29) is 0 Å². The summed E-state index contributed by atoms with van der Waals surface area (Å²) in [6, 6.07) is 2.42. The molecule has 16 heavy (non-hydrogen) atoms. The van der Waals surface area contributed by atoms with Gasteiger partial charge in [-0.25, -0.2) is 9.97 Å². The monoisotopic (exact) mass is 218 g/mol. The summed E-state index contributed by atoms with van der Waals surface area (Å²) in [6.45, 7) is 2.27. The smallest absolute Gasteiger partial charge is 0.131 e. The number of hydrogen-bond donors (Lipinski definition) is 1. The third kappa shape index (κ3) is 1.78. The molecule has 1 saturated carbocycles. The maximum atomic E-state index is 6.03. The van der Waals surface area contributed by atoms with Crippen molar-refractivity contribution in [3.8, 4) is 0 Å². The van der Waals surface area contributed by atoms with E-state index in [1.54, 1.807) is 6.33 Å². The van der Waals surface area contributed by atoms with E-state index >= 15 is 0 Å². The SMILES string of the molecule is NC1CC[C@@H]2CN(c3ccncn3)C[C@@H]2C1. The predicted molar refractivity (Wildman–Crippen MR) is 63.1 cm³/mol. The van der Waals surface area contributed by atoms with Gasteiger partial charge in [-0.1, -0.05) is 0 Å². The Hall–Kier alpha value is -1.16. The van der Waals surface area contributed by atoms with Crippen LogP contribution in [0.4, 0.5) is 5.82 Å². The summed E-state index contributed by atoms with van der Waals surface area (Å²) in [6.07, 6.45) is 7.11. The molecule has 0 bridgehead atoms. The van der Waals surface area contributed by atoms with Crippen molar-refractivity contribution in [1.29, 1.82) is 0 Å². The Balaban J connectivity index is 1.73. The molecular weight excluding hydrogens is 200 g/mol. The number of fused-ring (bicyclic) bond motifs is 1. The zero-order valence-electron chi connectivity index (χ0n) is 9.42. The molecule has 4 heteroatoms. The van der Waals surface area contributed by atoms with Gasteiger partial charge in [0.2, 0.25) is 0 Å². The third-order valence-corrected chi connectivity index (χ3v) is 3.98. The summed E-state index contributed by atoms with van der Waals surface area (Å²) in [7, 11) is 0. The van der Waals surface area contributed by atoms with Gasteiger partial charge in [0, 0.05) is 25.3 Å². The molecule has 1 unspecified atom stereocenters. The average molecular weight is 218 g/mol. The van der Waals surface area contributed by atoms with Gasteiger partial charge < -0.3 is 10.6 Å². The molecule has 1 aliphatic heterocycles. The Morgan fingerprint density at radius 1 is 1.25 bits per heavy atom. The molecule has 2 fully saturated rings. The number of nitrogens with two attached hydrogens (primary N) is 1.